The average molecular weight is 123 g/mol. The van der Waals surface area contributed by atoms with Crippen LogP contribution in [0.1, 0.15) is 19.3 Å². The minimum Gasteiger partial charge on any atom is -0.297 e. The van der Waals surface area contributed by atoms with Gasteiger partial charge in [-0.25, -0.2) is 0 Å². The van der Waals surface area contributed by atoms with E-state index >= 15 is 0 Å². The topological polar surface area (TPSA) is 12.4 Å². The first-order chi connectivity index (χ1) is 4.43. The fourth-order valence-corrected chi connectivity index (χ4v) is 0.925. The van der Waals surface area contributed by atoms with Gasteiger partial charge in [0.1, 0.15) is 0 Å². The fraction of sp³-hybridized carbons (Fsp3) is 0.625. The van der Waals surface area contributed by atoms with Gasteiger partial charge in [0, 0.05) is 13.3 Å². The Morgan fingerprint density at radius 3 is 2.67 bits per heavy atom. The highest BCUT2D eigenvalue weighted by Crippen LogP contribution is 2.26. The summed E-state index contributed by atoms with van der Waals surface area (Å²) < 4.78 is 0. The zero-order chi connectivity index (χ0) is 6.53. The lowest BCUT2D eigenvalue weighted by molar-refractivity contribution is 0.388. The Labute approximate surface area is 56.5 Å². The van der Waals surface area contributed by atoms with Gasteiger partial charge in [0.05, 0.1) is 0 Å². The number of rotatable bonds is 2. The molecule has 0 aromatic carbocycles. The van der Waals surface area contributed by atoms with Gasteiger partial charge in [-0.05, 0) is 24.8 Å². The van der Waals surface area contributed by atoms with Crippen LogP contribution in [0.25, 0.3) is 0 Å². The SMILES string of the molecule is CN=C/C=C/C1CCC1. The lowest BCUT2D eigenvalue weighted by Gasteiger charge is -2.20. The van der Waals surface area contributed by atoms with E-state index in [9.17, 15) is 0 Å². The van der Waals surface area contributed by atoms with Crippen molar-refractivity contribution in [2.45, 2.75) is 19.3 Å². The van der Waals surface area contributed by atoms with Gasteiger partial charge >= 0.3 is 0 Å². The third kappa shape index (κ3) is 2.00. The first-order valence-electron chi connectivity index (χ1n) is 3.52. The molecule has 0 heterocycles. The van der Waals surface area contributed by atoms with Gasteiger partial charge in [-0.2, -0.15) is 0 Å². The van der Waals surface area contributed by atoms with E-state index < -0.39 is 0 Å². The Hall–Kier alpha value is -0.590. The molecule has 0 radical (unpaired) electrons. The molecule has 0 aliphatic heterocycles. The van der Waals surface area contributed by atoms with E-state index in [0.717, 1.165) is 5.92 Å². The lowest BCUT2D eigenvalue weighted by Crippen LogP contribution is -2.06. The molecule has 0 amide bonds. The molecule has 1 aliphatic carbocycles. The Bertz CT molecular complexity index is 121. The molecule has 1 fully saturated rings. The lowest BCUT2D eigenvalue weighted by atomic mass is 9.85. The van der Waals surface area contributed by atoms with Crippen molar-refractivity contribution in [2.75, 3.05) is 7.05 Å². The molecule has 0 spiro atoms. The number of aliphatic imine (C=N–C) groups is 1. The molecule has 1 nitrogen and oxygen atoms in total. The molecular weight excluding hydrogens is 110 g/mol. The second-order valence-corrected chi connectivity index (χ2v) is 2.48. The van der Waals surface area contributed by atoms with E-state index in [-0.39, 0.29) is 0 Å². The van der Waals surface area contributed by atoms with Crippen molar-refractivity contribution < 1.29 is 0 Å². The standard InChI is InChI=1S/C8H13N/c1-9-7-3-6-8-4-2-5-8/h3,6-8H,2,4-5H2,1H3/b6-3+,9-7?. The first-order valence-corrected chi connectivity index (χ1v) is 3.52. The molecule has 0 unspecified atom stereocenters. The molecule has 0 aromatic heterocycles. The van der Waals surface area contributed by atoms with Crippen LogP contribution in [0.3, 0.4) is 0 Å². The molecule has 0 atom stereocenters. The molecule has 0 N–H and O–H groups in total. The third-order valence-corrected chi connectivity index (χ3v) is 1.77. The second-order valence-electron chi connectivity index (χ2n) is 2.48. The number of nitrogens with zero attached hydrogens (tertiary/aromatic N) is 1. The highest BCUT2D eigenvalue weighted by Gasteiger charge is 2.12. The maximum atomic E-state index is 3.85. The van der Waals surface area contributed by atoms with Gasteiger partial charge in [-0.15, -0.1) is 0 Å². The van der Waals surface area contributed by atoms with Crippen LogP contribution in [0.5, 0.6) is 0 Å². The minimum absolute atomic E-state index is 0.864. The van der Waals surface area contributed by atoms with Crippen molar-refractivity contribution in [2.24, 2.45) is 10.9 Å². The summed E-state index contributed by atoms with van der Waals surface area (Å²) in [6, 6.07) is 0. The van der Waals surface area contributed by atoms with E-state index in [1.807, 2.05) is 12.3 Å². The molecule has 1 aliphatic rings. The second kappa shape index (κ2) is 3.44. The molecule has 0 saturated heterocycles. The Morgan fingerprint density at radius 2 is 2.22 bits per heavy atom. The summed E-state index contributed by atoms with van der Waals surface area (Å²) in [6.07, 6.45) is 10.3. The summed E-state index contributed by atoms with van der Waals surface area (Å²) in [7, 11) is 1.80. The molecule has 1 saturated carbocycles. The van der Waals surface area contributed by atoms with E-state index in [1.165, 1.54) is 19.3 Å². The molecule has 1 rings (SSSR count). The predicted molar refractivity (Wildman–Crippen MR) is 40.9 cm³/mol. The van der Waals surface area contributed by atoms with Gasteiger partial charge in [0.25, 0.3) is 0 Å². The van der Waals surface area contributed by atoms with Crippen LogP contribution < -0.4 is 0 Å². The van der Waals surface area contributed by atoms with Crippen LogP contribution >= 0.6 is 0 Å². The third-order valence-electron chi connectivity index (χ3n) is 1.77. The van der Waals surface area contributed by atoms with E-state index in [0.29, 0.717) is 0 Å². The average Bonchev–Trinajstić information content (AvgIpc) is 1.76. The van der Waals surface area contributed by atoms with Crippen LogP contribution in [0.2, 0.25) is 0 Å². The number of hydrogen-bond donors (Lipinski definition) is 0. The summed E-state index contributed by atoms with van der Waals surface area (Å²) >= 11 is 0. The number of hydrogen-bond acceptors (Lipinski definition) is 1. The quantitative estimate of drug-likeness (QED) is 0.498. The highest BCUT2D eigenvalue weighted by molar-refractivity contribution is 5.70. The molecule has 1 heteroatoms. The first kappa shape index (κ1) is 6.53. The monoisotopic (exact) mass is 123 g/mol. The van der Waals surface area contributed by atoms with Crippen LogP contribution in [-0.2, 0) is 0 Å². The van der Waals surface area contributed by atoms with Crippen LogP contribution in [-0.4, -0.2) is 13.3 Å². The van der Waals surface area contributed by atoms with E-state index in [4.69, 9.17) is 0 Å². The van der Waals surface area contributed by atoms with Gasteiger partial charge in [0.2, 0.25) is 0 Å². The van der Waals surface area contributed by atoms with Gasteiger partial charge in [-0.1, -0.05) is 12.5 Å². The smallest absolute Gasteiger partial charge is 0.0277 e. The molecule has 50 valence electrons. The summed E-state index contributed by atoms with van der Waals surface area (Å²) in [5, 5.41) is 0. The highest BCUT2D eigenvalue weighted by atomic mass is 14.6. The van der Waals surface area contributed by atoms with Crippen LogP contribution in [0.4, 0.5) is 0 Å². The van der Waals surface area contributed by atoms with Crippen molar-refractivity contribution in [3.8, 4) is 0 Å². The molecular formula is C8H13N. The molecule has 9 heavy (non-hydrogen) atoms. The van der Waals surface area contributed by atoms with E-state index in [1.54, 1.807) is 7.05 Å². The molecule has 0 aromatic rings. The normalized spacial score (nSPS) is 21.4. The summed E-state index contributed by atoms with van der Waals surface area (Å²) in [5.74, 6) is 0.864. The Kier molecular flexibility index (Phi) is 2.49. The Morgan fingerprint density at radius 1 is 1.44 bits per heavy atom. The maximum absolute atomic E-state index is 3.85. The largest absolute Gasteiger partial charge is 0.297 e. The van der Waals surface area contributed by atoms with Crippen LogP contribution in [0, 0.1) is 5.92 Å². The zero-order valence-electron chi connectivity index (χ0n) is 5.88. The van der Waals surface area contributed by atoms with E-state index in [2.05, 4.69) is 11.1 Å². The van der Waals surface area contributed by atoms with Gasteiger partial charge in [0.15, 0.2) is 0 Å². The summed E-state index contributed by atoms with van der Waals surface area (Å²) in [4.78, 5) is 3.85. The number of allylic oxidation sites excluding steroid dienone is 2. The van der Waals surface area contributed by atoms with Crippen molar-refractivity contribution in [1.29, 1.82) is 0 Å². The zero-order valence-corrected chi connectivity index (χ0v) is 5.88. The van der Waals surface area contributed by atoms with Crippen molar-refractivity contribution >= 4 is 6.21 Å². The minimum atomic E-state index is 0.864. The van der Waals surface area contributed by atoms with Gasteiger partial charge < -0.3 is 0 Å². The van der Waals surface area contributed by atoms with Gasteiger partial charge in [-0.3, -0.25) is 4.99 Å². The predicted octanol–water partition coefficient (Wildman–Crippen LogP) is 2.04. The summed E-state index contributed by atoms with van der Waals surface area (Å²) in [6.45, 7) is 0. The van der Waals surface area contributed by atoms with Crippen molar-refractivity contribution in [3.63, 3.8) is 0 Å². The Balaban J connectivity index is 2.14. The van der Waals surface area contributed by atoms with Crippen molar-refractivity contribution in [3.05, 3.63) is 12.2 Å². The van der Waals surface area contributed by atoms with Crippen LogP contribution in [0.15, 0.2) is 17.1 Å². The van der Waals surface area contributed by atoms with Crippen molar-refractivity contribution in [1.82, 2.24) is 0 Å². The fourth-order valence-electron chi connectivity index (χ4n) is 0.925. The molecule has 0 bridgehead atoms. The summed E-state index contributed by atoms with van der Waals surface area (Å²) in [5.41, 5.74) is 0. The maximum Gasteiger partial charge on any atom is 0.0277 e.